The summed E-state index contributed by atoms with van der Waals surface area (Å²) < 4.78 is 18.6. The van der Waals surface area contributed by atoms with Gasteiger partial charge in [0.05, 0.1) is 23.2 Å². The second kappa shape index (κ2) is 8.33. The molecular formula is C22H24FN3O2. The molecule has 0 radical (unpaired) electrons. The third-order valence-corrected chi connectivity index (χ3v) is 4.55. The van der Waals surface area contributed by atoms with E-state index in [1.807, 2.05) is 18.9 Å². The minimum Gasteiger partial charge on any atom is -0.462 e. The molecule has 1 aromatic heterocycles. The van der Waals surface area contributed by atoms with E-state index in [0.717, 1.165) is 12.0 Å². The smallest absolute Gasteiger partial charge is 0.338 e. The number of carbonyl (C=O) groups excluding carboxylic acids is 1. The molecule has 0 spiro atoms. The van der Waals surface area contributed by atoms with E-state index in [-0.39, 0.29) is 17.8 Å². The Bertz CT molecular complexity index is 987. The molecule has 5 nitrogen and oxygen atoms in total. The van der Waals surface area contributed by atoms with E-state index in [2.05, 4.69) is 13.8 Å². The second-order valence-corrected chi connectivity index (χ2v) is 6.95. The van der Waals surface area contributed by atoms with Crippen molar-refractivity contribution in [2.45, 2.75) is 33.2 Å². The molecule has 0 amide bonds. The first-order chi connectivity index (χ1) is 13.4. The Labute approximate surface area is 164 Å². The SMILES string of the molecule is CCCOC(=O)c1ccc2nc(-c3ccc(F)cc3)c(N(C)C(C)C)nc2c1. The molecule has 146 valence electrons. The van der Waals surface area contributed by atoms with Crippen molar-refractivity contribution in [1.82, 2.24) is 9.97 Å². The Balaban J connectivity index is 2.13. The van der Waals surface area contributed by atoms with Crippen LogP contribution in [-0.2, 0) is 4.74 Å². The molecule has 2 aromatic carbocycles. The van der Waals surface area contributed by atoms with Gasteiger partial charge in [-0.25, -0.2) is 19.2 Å². The summed E-state index contributed by atoms with van der Waals surface area (Å²) >= 11 is 0. The van der Waals surface area contributed by atoms with Crippen LogP contribution < -0.4 is 4.90 Å². The van der Waals surface area contributed by atoms with Crippen LogP contribution in [-0.4, -0.2) is 35.6 Å². The number of nitrogens with zero attached hydrogens (tertiary/aromatic N) is 3. The Morgan fingerprint density at radius 2 is 1.82 bits per heavy atom. The summed E-state index contributed by atoms with van der Waals surface area (Å²) in [5, 5.41) is 0. The van der Waals surface area contributed by atoms with Crippen LogP contribution >= 0.6 is 0 Å². The van der Waals surface area contributed by atoms with E-state index in [1.165, 1.54) is 12.1 Å². The fraction of sp³-hybridized carbons (Fsp3) is 0.318. The summed E-state index contributed by atoms with van der Waals surface area (Å²) in [5.41, 5.74) is 3.17. The van der Waals surface area contributed by atoms with Crippen molar-refractivity contribution in [3.05, 3.63) is 53.8 Å². The summed E-state index contributed by atoms with van der Waals surface area (Å²) in [6.45, 7) is 6.44. The van der Waals surface area contributed by atoms with Crippen LogP contribution in [0, 0.1) is 5.82 Å². The van der Waals surface area contributed by atoms with Crippen molar-refractivity contribution >= 4 is 22.8 Å². The number of rotatable bonds is 6. The van der Waals surface area contributed by atoms with Crippen LogP contribution in [0.3, 0.4) is 0 Å². The maximum absolute atomic E-state index is 13.4. The third-order valence-electron chi connectivity index (χ3n) is 4.55. The van der Waals surface area contributed by atoms with Crippen LogP contribution in [0.15, 0.2) is 42.5 Å². The zero-order valence-corrected chi connectivity index (χ0v) is 16.6. The topological polar surface area (TPSA) is 55.3 Å². The molecular weight excluding hydrogens is 357 g/mol. The lowest BCUT2D eigenvalue weighted by atomic mass is 10.1. The maximum Gasteiger partial charge on any atom is 0.338 e. The number of fused-ring (bicyclic) bond motifs is 1. The first-order valence-electron chi connectivity index (χ1n) is 9.38. The molecule has 6 heteroatoms. The van der Waals surface area contributed by atoms with Gasteiger partial charge in [0, 0.05) is 18.7 Å². The molecule has 1 heterocycles. The lowest BCUT2D eigenvalue weighted by Crippen LogP contribution is -2.27. The molecule has 0 saturated carbocycles. The number of anilines is 1. The molecule has 0 aliphatic heterocycles. The van der Waals surface area contributed by atoms with E-state index in [0.29, 0.717) is 34.7 Å². The number of ether oxygens (including phenoxy) is 1. The van der Waals surface area contributed by atoms with Gasteiger partial charge in [0.1, 0.15) is 11.5 Å². The van der Waals surface area contributed by atoms with Crippen LogP contribution in [0.1, 0.15) is 37.6 Å². The number of carbonyl (C=O) groups is 1. The molecule has 0 bridgehead atoms. The number of esters is 1. The van der Waals surface area contributed by atoms with Gasteiger partial charge in [0.2, 0.25) is 0 Å². The molecule has 0 unspecified atom stereocenters. The minimum atomic E-state index is -0.369. The predicted molar refractivity (Wildman–Crippen MR) is 109 cm³/mol. The van der Waals surface area contributed by atoms with Crippen molar-refractivity contribution in [3.63, 3.8) is 0 Å². The standard InChI is InChI=1S/C22H24FN3O2/c1-5-12-28-22(27)16-8-11-18-19(13-16)25-21(26(4)14(2)3)20(24-18)15-6-9-17(23)10-7-15/h6-11,13-14H,5,12H2,1-4H3. The lowest BCUT2D eigenvalue weighted by Gasteiger charge is -2.25. The highest BCUT2D eigenvalue weighted by molar-refractivity contribution is 5.94. The van der Waals surface area contributed by atoms with Gasteiger partial charge in [-0.15, -0.1) is 0 Å². The first kappa shape index (κ1) is 19.7. The fourth-order valence-corrected chi connectivity index (χ4v) is 2.74. The number of benzene rings is 2. The number of hydrogen-bond acceptors (Lipinski definition) is 5. The van der Waals surface area contributed by atoms with Gasteiger partial charge >= 0.3 is 5.97 Å². The average molecular weight is 381 g/mol. The molecule has 0 fully saturated rings. The Morgan fingerprint density at radius 3 is 2.46 bits per heavy atom. The summed E-state index contributed by atoms with van der Waals surface area (Å²) in [7, 11) is 1.94. The zero-order valence-electron chi connectivity index (χ0n) is 16.6. The normalized spacial score (nSPS) is 11.1. The molecule has 28 heavy (non-hydrogen) atoms. The molecule has 0 saturated heterocycles. The molecule has 0 atom stereocenters. The molecule has 0 aliphatic rings. The Hall–Kier alpha value is -3.02. The van der Waals surface area contributed by atoms with Crippen LogP contribution in [0.25, 0.3) is 22.3 Å². The lowest BCUT2D eigenvalue weighted by molar-refractivity contribution is 0.0505. The third kappa shape index (κ3) is 4.11. The van der Waals surface area contributed by atoms with Gasteiger partial charge in [-0.2, -0.15) is 0 Å². The van der Waals surface area contributed by atoms with E-state index < -0.39 is 0 Å². The van der Waals surface area contributed by atoms with Gasteiger partial charge in [-0.3, -0.25) is 0 Å². The van der Waals surface area contributed by atoms with Crippen LogP contribution in [0.2, 0.25) is 0 Å². The fourth-order valence-electron chi connectivity index (χ4n) is 2.74. The van der Waals surface area contributed by atoms with E-state index in [9.17, 15) is 9.18 Å². The van der Waals surface area contributed by atoms with Crippen molar-refractivity contribution in [2.75, 3.05) is 18.6 Å². The monoisotopic (exact) mass is 381 g/mol. The first-order valence-corrected chi connectivity index (χ1v) is 9.38. The second-order valence-electron chi connectivity index (χ2n) is 6.95. The Kier molecular flexibility index (Phi) is 5.87. The zero-order chi connectivity index (χ0) is 20.3. The van der Waals surface area contributed by atoms with Crippen molar-refractivity contribution in [1.29, 1.82) is 0 Å². The molecule has 0 N–H and O–H groups in total. The Morgan fingerprint density at radius 1 is 1.11 bits per heavy atom. The van der Waals surface area contributed by atoms with Gasteiger partial charge in [0.15, 0.2) is 5.82 Å². The van der Waals surface area contributed by atoms with Crippen molar-refractivity contribution in [3.8, 4) is 11.3 Å². The average Bonchev–Trinajstić information content (AvgIpc) is 2.70. The highest BCUT2D eigenvalue weighted by Gasteiger charge is 2.18. The molecule has 3 aromatic rings. The quantitative estimate of drug-likeness (QED) is 0.572. The largest absolute Gasteiger partial charge is 0.462 e. The van der Waals surface area contributed by atoms with E-state index >= 15 is 0 Å². The van der Waals surface area contributed by atoms with E-state index in [4.69, 9.17) is 14.7 Å². The van der Waals surface area contributed by atoms with Crippen LogP contribution in [0.5, 0.6) is 0 Å². The molecule has 0 aliphatic carbocycles. The predicted octanol–water partition coefficient (Wildman–Crippen LogP) is 4.85. The van der Waals surface area contributed by atoms with Crippen molar-refractivity contribution in [2.24, 2.45) is 0 Å². The van der Waals surface area contributed by atoms with Crippen molar-refractivity contribution < 1.29 is 13.9 Å². The van der Waals surface area contributed by atoms with Gasteiger partial charge in [0.25, 0.3) is 0 Å². The highest BCUT2D eigenvalue weighted by Crippen LogP contribution is 2.30. The molecule has 3 rings (SSSR count). The van der Waals surface area contributed by atoms with Gasteiger partial charge in [-0.05, 0) is 62.7 Å². The highest BCUT2D eigenvalue weighted by atomic mass is 19.1. The number of halogens is 1. The number of hydrogen-bond donors (Lipinski definition) is 0. The van der Waals surface area contributed by atoms with Gasteiger partial charge in [-0.1, -0.05) is 6.92 Å². The number of aromatic nitrogens is 2. The summed E-state index contributed by atoms with van der Waals surface area (Å²) in [5.74, 6) is 0.00612. The van der Waals surface area contributed by atoms with Crippen LogP contribution in [0.4, 0.5) is 10.2 Å². The maximum atomic E-state index is 13.4. The minimum absolute atomic E-state index is 0.184. The summed E-state index contributed by atoms with van der Waals surface area (Å²) in [6, 6.07) is 11.5. The van der Waals surface area contributed by atoms with E-state index in [1.54, 1.807) is 30.3 Å². The summed E-state index contributed by atoms with van der Waals surface area (Å²) in [6.07, 6.45) is 0.767. The summed E-state index contributed by atoms with van der Waals surface area (Å²) in [4.78, 5) is 23.7. The van der Waals surface area contributed by atoms with Gasteiger partial charge < -0.3 is 9.64 Å².